The zero-order valence-corrected chi connectivity index (χ0v) is 9.33. The zero-order chi connectivity index (χ0) is 10.4. The normalized spacial score (nSPS) is 27.4. The van der Waals surface area contributed by atoms with Gasteiger partial charge in [0.2, 0.25) is 0 Å². The lowest BCUT2D eigenvalue weighted by molar-refractivity contribution is 0.101. The average molecular weight is 201 g/mol. The summed E-state index contributed by atoms with van der Waals surface area (Å²) in [5, 5.41) is 12.9. The molecule has 0 saturated heterocycles. The van der Waals surface area contributed by atoms with Crippen molar-refractivity contribution in [2.45, 2.75) is 45.3 Å². The van der Waals surface area contributed by atoms with Gasteiger partial charge in [-0.05, 0) is 25.2 Å². The summed E-state index contributed by atoms with van der Waals surface area (Å²) in [5.74, 6) is 0.604. The highest BCUT2D eigenvalue weighted by Gasteiger charge is 2.23. The molecular formula is C11H23NO2. The third-order valence-corrected chi connectivity index (χ3v) is 2.58. The van der Waals surface area contributed by atoms with Gasteiger partial charge in [0.25, 0.3) is 0 Å². The zero-order valence-electron chi connectivity index (χ0n) is 9.33. The Labute approximate surface area is 86.8 Å². The van der Waals surface area contributed by atoms with Crippen LogP contribution in [0.1, 0.15) is 33.1 Å². The summed E-state index contributed by atoms with van der Waals surface area (Å²) in [6.07, 6.45) is 3.06. The molecule has 0 bridgehead atoms. The number of ether oxygens (including phenoxy) is 1. The van der Waals surface area contributed by atoms with Crippen molar-refractivity contribution in [1.29, 1.82) is 0 Å². The minimum absolute atomic E-state index is 0.139. The summed E-state index contributed by atoms with van der Waals surface area (Å²) in [5.41, 5.74) is 0. The third-order valence-electron chi connectivity index (χ3n) is 2.58. The Morgan fingerprint density at radius 1 is 1.43 bits per heavy atom. The minimum atomic E-state index is -0.139. The van der Waals surface area contributed by atoms with Gasteiger partial charge in [0.05, 0.1) is 12.7 Å². The molecule has 0 amide bonds. The van der Waals surface area contributed by atoms with Crippen LogP contribution >= 0.6 is 0 Å². The molecule has 0 heterocycles. The van der Waals surface area contributed by atoms with Gasteiger partial charge in [0.1, 0.15) is 0 Å². The van der Waals surface area contributed by atoms with E-state index in [4.69, 9.17) is 4.74 Å². The lowest BCUT2D eigenvalue weighted by Crippen LogP contribution is -2.37. The number of aliphatic hydroxyl groups is 1. The van der Waals surface area contributed by atoms with E-state index < -0.39 is 0 Å². The predicted octanol–water partition coefficient (Wildman–Crippen LogP) is 1.16. The molecule has 1 fully saturated rings. The van der Waals surface area contributed by atoms with Gasteiger partial charge in [-0.15, -0.1) is 0 Å². The second kappa shape index (κ2) is 6.38. The second-order valence-corrected chi connectivity index (χ2v) is 4.53. The van der Waals surface area contributed by atoms with Crippen LogP contribution in [0, 0.1) is 5.92 Å². The van der Waals surface area contributed by atoms with Crippen molar-refractivity contribution in [3.63, 3.8) is 0 Å². The largest absolute Gasteiger partial charge is 0.392 e. The molecule has 2 unspecified atom stereocenters. The number of rotatable bonds is 6. The number of hydrogen-bond donors (Lipinski definition) is 2. The Hall–Kier alpha value is -0.120. The highest BCUT2D eigenvalue weighted by Crippen LogP contribution is 2.18. The lowest BCUT2D eigenvalue weighted by Gasteiger charge is -2.16. The molecule has 0 aromatic rings. The number of aliphatic hydroxyl groups excluding tert-OH is 1. The van der Waals surface area contributed by atoms with Crippen molar-refractivity contribution < 1.29 is 9.84 Å². The van der Waals surface area contributed by atoms with Crippen LogP contribution in [0.3, 0.4) is 0 Å². The van der Waals surface area contributed by atoms with Gasteiger partial charge < -0.3 is 15.2 Å². The van der Waals surface area contributed by atoms with E-state index in [-0.39, 0.29) is 6.10 Å². The van der Waals surface area contributed by atoms with E-state index >= 15 is 0 Å². The van der Waals surface area contributed by atoms with Crippen LogP contribution in [0.15, 0.2) is 0 Å². The van der Waals surface area contributed by atoms with Crippen LogP contribution in [-0.2, 0) is 4.74 Å². The molecular weight excluding hydrogens is 178 g/mol. The number of nitrogens with one attached hydrogen (secondary N) is 1. The quantitative estimate of drug-likeness (QED) is 0.634. The fraction of sp³-hybridized carbons (Fsp3) is 1.00. The summed E-state index contributed by atoms with van der Waals surface area (Å²) < 4.78 is 5.45. The Morgan fingerprint density at radius 3 is 2.79 bits per heavy atom. The first-order valence-corrected chi connectivity index (χ1v) is 5.69. The molecule has 0 radical (unpaired) electrons. The van der Waals surface area contributed by atoms with Crippen LogP contribution < -0.4 is 5.32 Å². The van der Waals surface area contributed by atoms with Crippen LogP contribution in [-0.4, -0.2) is 37.0 Å². The highest BCUT2D eigenvalue weighted by atomic mass is 16.5. The summed E-state index contributed by atoms with van der Waals surface area (Å²) in [4.78, 5) is 0. The molecule has 2 N–H and O–H groups in total. The average Bonchev–Trinajstić information content (AvgIpc) is 2.51. The van der Waals surface area contributed by atoms with E-state index in [9.17, 15) is 5.11 Å². The van der Waals surface area contributed by atoms with E-state index in [0.717, 1.165) is 39.0 Å². The highest BCUT2D eigenvalue weighted by molar-refractivity contribution is 4.82. The van der Waals surface area contributed by atoms with Crippen molar-refractivity contribution in [2.24, 2.45) is 5.92 Å². The van der Waals surface area contributed by atoms with Gasteiger partial charge in [0.15, 0.2) is 0 Å². The Balaban J connectivity index is 1.93. The van der Waals surface area contributed by atoms with E-state index in [1.807, 2.05) is 0 Å². The molecule has 84 valence electrons. The fourth-order valence-corrected chi connectivity index (χ4v) is 1.81. The van der Waals surface area contributed by atoms with Crippen LogP contribution in [0.2, 0.25) is 0 Å². The van der Waals surface area contributed by atoms with Gasteiger partial charge >= 0.3 is 0 Å². The molecule has 0 aromatic carbocycles. The van der Waals surface area contributed by atoms with Crippen LogP contribution in [0.4, 0.5) is 0 Å². The van der Waals surface area contributed by atoms with Gasteiger partial charge in [-0.25, -0.2) is 0 Å². The van der Waals surface area contributed by atoms with Crippen molar-refractivity contribution in [3.05, 3.63) is 0 Å². The van der Waals surface area contributed by atoms with Gasteiger partial charge in [-0.2, -0.15) is 0 Å². The van der Waals surface area contributed by atoms with Crippen LogP contribution in [0.25, 0.3) is 0 Å². The maximum atomic E-state index is 9.53. The summed E-state index contributed by atoms with van der Waals surface area (Å²) in [6.45, 7) is 6.73. The van der Waals surface area contributed by atoms with Gasteiger partial charge in [-0.1, -0.05) is 13.8 Å². The van der Waals surface area contributed by atoms with E-state index in [0.29, 0.717) is 12.0 Å². The van der Waals surface area contributed by atoms with Gasteiger partial charge in [0, 0.05) is 19.2 Å². The standard InChI is InChI=1S/C11H23NO2/c1-9(2)8-14-7-6-12-10-4-3-5-11(10)13/h9-13H,3-8H2,1-2H3. The van der Waals surface area contributed by atoms with Gasteiger partial charge in [-0.3, -0.25) is 0 Å². The molecule has 0 spiro atoms. The summed E-state index contributed by atoms with van der Waals surface area (Å²) in [6, 6.07) is 0.303. The topological polar surface area (TPSA) is 41.5 Å². The minimum Gasteiger partial charge on any atom is -0.392 e. The molecule has 1 rings (SSSR count). The maximum Gasteiger partial charge on any atom is 0.0693 e. The first kappa shape index (κ1) is 12.0. The SMILES string of the molecule is CC(C)COCCNC1CCCC1O. The molecule has 2 atom stereocenters. The van der Waals surface area contributed by atoms with Crippen molar-refractivity contribution in [3.8, 4) is 0 Å². The molecule has 0 aromatic heterocycles. The second-order valence-electron chi connectivity index (χ2n) is 4.53. The Bertz CT molecular complexity index is 150. The molecule has 14 heavy (non-hydrogen) atoms. The first-order chi connectivity index (χ1) is 6.70. The molecule has 0 aliphatic heterocycles. The van der Waals surface area contributed by atoms with Crippen molar-refractivity contribution >= 4 is 0 Å². The van der Waals surface area contributed by atoms with E-state index in [1.54, 1.807) is 0 Å². The number of hydrogen-bond acceptors (Lipinski definition) is 3. The molecule has 1 saturated carbocycles. The summed E-state index contributed by atoms with van der Waals surface area (Å²) >= 11 is 0. The smallest absolute Gasteiger partial charge is 0.0693 e. The monoisotopic (exact) mass is 201 g/mol. The Kier molecular flexibility index (Phi) is 5.45. The molecule has 1 aliphatic carbocycles. The van der Waals surface area contributed by atoms with E-state index in [2.05, 4.69) is 19.2 Å². The maximum absolute atomic E-state index is 9.53. The van der Waals surface area contributed by atoms with Crippen molar-refractivity contribution in [2.75, 3.05) is 19.8 Å². The lowest BCUT2D eigenvalue weighted by atomic mass is 10.2. The first-order valence-electron chi connectivity index (χ1n) is 5.69. The van der Waals surface area contributed by atoms with E-state index in [1.165, 1.54) is 0 Å². The Morgan fingerprint density at radius 2 is 2.21 bits per heavy atom. The predicted molar refractivity (Wildman–Crippen MR) is 57.3 cm³/mol. The molecule has 1 aliphatic rings. The molecule has 3 nitrogen and oxygen atoms in total. The van der Waals surface area contributed by atoms with Crippen LogP contribution in [0.5, 0.6) is 0 Å². The third kappa shape index (κ3) is 4.40. The summed E-state index contributed by atoms with van der Waals surface area (Å²) in [7, 11) is 0. The molecule has 3 heteroatoms. The van der Waals surface area contributed by atoms with Crippen molar-refractivity contribution in [1.82, 2.24) is 5.32 Å². The fourth-order valence-electron chi connectivity index (χ4n) is 1.81.